The van der Waals surface area contributed by atoms with E-state index in [-0.39, 0.29) is 24.0 Å². The molecule has 0 amide bonds. The first kappa shape index (κ1) is 24.9. The van der Waals surface area contributed by atoms with Crippen LogP contribution in [0.2, 0.25) is 0 Å². The number of nitrogens with one attached hydrogen (secondary N) is 2. The molecule has 0 aliphatic carbocycles. The lowest BCUT2D eigenvalue weighted by Crippen LogP contribution is -2.38. The van der Waals surface area contributed by atoms with Gasteiger partial charge >= 0.3 is 0 Å². The quantitative estimate of drug-likeness (QED) is 0.178. The van der Waals surface area contributed by atoms with Crippen molar-refractivity contribution < 1.29 is 9.47 Å². The van der Waals surface area contributed by atoms with Gasteiger partial charge in [0.15, 0.2) is 5.96 Å². The fourth-order valence-corrected chi connectivity index (χ4v) is 3.06. The Morgan fingerprint density at radius 3 is 2.65 bits per heavy atom. The van der Waals surface area contributed by atoms with E-state index in [1.54, 1.807) is 7.11 Å². The van der Waals surface area contributed by atoms with Crippen LogP contribution in [0.25, 0.3) is 5.65 Å². The second-order valence-corrected chi connectivity index (χ2v) is 6.97. The molecule has 2 heterocycles. The van der Waals surface area contributed by atoms with Crippen molar-refractivity contribution in [2.24, 2.45) is 4.99 Å². The van der Waals surface area contributed by atoms with Crippen molar-refractivity contribution in [2.45, 2.75) is 33.4 Å². The molecule has 0 fully saturated rings. The lowest BCUT2D eigenvalue weighted by atomic mass is 10.2. The summed E-state index contributed by atoms with van der Waals surface area (Å²) in [4.78, 5) is 9.42. The van der Waals surface area contributed by atoms with E-state index in [0.29, 0.717) is 13.1 Å². The van der Waals surface area contributed by atoms with Gasteiger partial charge in [-0.3, -0.25) is 0 Å². The molecular formula is C23H32IN5O2. The molecule has 31 heavy (non-hydrogen) atoms. The molecule has 0 saturated carbocycles. The number of nitrogens with zero attached hydrogens (tertiary/aromatic N) is 3. The number of rotatable bonds is 10. The minimum Gasteiger partial charge on any atom is -0.497 e. The summed E-state index contributed by atoms with van der Waals surface area (Å²) < 4.78 is 12.7. The fraction of sp³-hybridized carbons (Fsp3) is 0.391. The van der Waals surface area contributed by atoms with Crippen LogP contribution in [0.15, 0.2) is 53.7 Å². The van der Waals surface area contributed by atoms with Gasteiger partial charge in [0.05, 0.1) is 25.9 Å². The summed E-state index contributed by atoms with van der Waals surface area (Å²) in [5.74, 6) is 1.60. The molecule has 1 aromatic carbocycles. The summed E-state index contributed by atoms with van der Waals surface area (Å²) in [5.41, 5.74) is 4.20. The first-order valence-electron chi connectivity index (χ1n) is 10.4. The molecule has 0 atom stereocenters. The number of halogens is 1. The lowest BCUT2D eigenvalue weighted by molar-refractivity contribution is 0.145. The van der Waals surface area contributed by atoms with Gasteiger partial charge in [-0.1, -0.05) is 18.2 Å². The summed E-state index contributed by atoms with van der Waals surface area (Å²) in [6.07, 6.45) is 2.98. The molecule has 0 saturated heterocycles. The Balaban J connectivity index is 0.00000341. The Morgan fingerprint density at radius 2 is 1.94 bits per heavy atom. The van der Waals surface area contributed by atoms with Gasteiger partial charge < -0.3 is 24.5 Å². The van der Waals surface area contributed by atoms with Crippen LogP contribution in [0.3, 0.4) is 0 Å². The minimum atomic E-state index is 0. The van der Waals surface area contributed by atoms with Gasteiger partial charge in [0.2, 0.25) is 0 Å². The van der Waals surface area contributed by atoms with Gasteiger partial charge in [0, 0.05) is 31.6 Å². The lowest BCUT2D eigenvalue weighted by Gasteiger charge is -2.12. The van der Waals surface area contributed by atoms with Crippen LogP contribution in [0.4, 0.5) is 0 Å². The summed E-state index contributed by atoms with van der Waals surface area (Å²) >= 11 is 0. The van der Waals surface area contributed by atoms with Gasteiger partial charge in [-0.25, -0.2) is 9.98 Å². The van der Waals surface area contributed by atoms with Gasteiger partial charge in [0.1, 0.15) is 11.4 Å². The van der Waals surface area contributed by atoms with Gasteiger partial charge in [-0.15, -0.1) is 24.0 Å². The zero-order valence-electron chi connectivity index (χ0n) is 18.4. The number of hydrogen-bond acceptors (Lipinski definition) is 4. The monoisotopic (exact) mass is 537 g/mol. The van der Waals surface area contributed by atoms with Crippen LogP contribution in [-0.4, -0.2) is 42.2 Å². The average Bonchev–Trinajstić information content (AvgIpc) is 3.20. The van der Waals surface area contributed by atoms with Crippen molar-refractivity contribution in [3.05, 3.63) is 65.6 Å². The Labute approximate surface area is 201 Å². The van der Waals surface area contributed by atoms with E-state index in [4.69, 9.17) is 14.5 Å². The van der Waals surface area contributed by atoms with Crippen LogP contribution >= 0.6 is 24.0 Å². The van der Waals surface area contributed by atoms with E-state index in [9.17, 15) is 0 Å². The van der Waals surface area contributed by atoms with Crippen LogP contribution in [-0.2, 0) is 17.8 Å². The molecule has 3 aromatic rings. The third-order valence-electron chi connectivity index (χ3n) is 4.72. The number of benzene rings is 1. The molecular weight excluding hydrogens is 505 g/mol. The van der Waals surface area contributed by atoms with Crippen molar-refractivity contribution >= 4 is 35.6 Å². The van der Waals surface area contributed by atoms with Gasteiger partial charge in [-0.05, 0) is 50.1 Å². The van der Waals surface area contributed by atoms with Crippen LogP contribution < -0.4 is 15.4 Å². The number of methoxy groups -OCH3 is 1. The van der Waals surface area contributed by atoms with Crippen LogP contribution in [0, 0.1) is 6.92 Å². The molecule has 0 unspecified atom stereocenters. The van der Waals surface area contributed by atoms with E-state index in [2.05, 4.69) is 39.2 Å². The number of fused-ring (bicyclic) bond motifs is 1. The summed E-state index contributed by atoms with van der Waals surface area (Å²) in [7, 11) is 1.67. The molecule has 168 valence electrons. The zero-order chi connectivity index (χ0) is 21.2. The largest absolute Gasteiger partial charge is 0.497 e. The van der Waals surface area contributed by atoms with E-state index in [0.717, 1.165) is 60.5 Å². The average molecular weight is 537 g/mol. The number of aromatic nitrogens is 2. The Kier molecular flexibility index (Phi) is 10.6. The third-order valence-corrected chi connectivity index (χ3v) is 4.72. The highest BCUT2D eigenvalue weighted by Crippen LogP contribution is 2.12. The Morgan fingerprint density at radius 1 is 1.13 bits per heavy atom. The maximum absolute atomic E-state index is 5.42. The molecule has 2 aromatic heterocycles. The highest BCUT2D eigenvalue weighted by molar-refractivity contribution is 14.0. The van der Waals surface area contributed by atoms with Crippen LogP contribution in [0.1, 0.15) is 30.3 Å². The maximum atomic E-state index is 5.42. The molecule has 0 aliphatic rings. The maximum Gasteiger partial charge on any atom is 0.191 e. The first-order chi connectivity index (χ1) is 14.7. The third kappa shape index (κ3) is 7.70. The Hall–Kier alpha value is -2.33. The SMILES string of the molecule is CCOCCCNC(=NCc1ccc(OC)cc1)NCc1cn2c(C)cccc2n1.I. The molecule has 0 aliphatic heterocycles. The molecule has 0 radical (unpaired) electrons. The van der Waals surface area contributed by atoms with Crippen molar-refractivity contribution in [1.82, 2.24) is 20.0 Å². The zero-order valence-corrected chi connectivity index (χ0v) is 20.8. The number of ether oxygens (including phenoxy) is 2. The van der Waals surface area contributed by atoms with Gasteiger partial charge in [-0.2, -0.15) is 0 Å². The Bertz CT molecular complexity index is 956. The van der Waals surface area contributed by atoms with E-state index in [1.807, 2.05) is 43.3 Å². The predicted molar refractivity (Wildman–Crippen MR) is 135 cm³/mol. The number of guanidine groups is 1. The summed E-state index contributed by atoms with van der Waals surface area (Å²) in [6.45, 7) is 7.53. The summed E-state index contributed by atoms with van der Waals surface area (Å²) in [5, 5.41) is 6.78. The number of hydrogen-bond donors (Lipinski definition) is 2. The van der Waals surface area contributed by atoms with E-state index in [1.165, 1.54) is 0 Å². The molecule has 3 rings (SSSR count). The first-order valence-corrected chi connectivity index (χ1v) is 10.4. The topological polar surface area (TPSA) is 72.2 Å². The molecule has 8 heteroatoms. The van der Waals surface area contributed by atoms with Crippen molar-refractivity contribution in [1.29, 1.82) is 0 Å². The highest BCUT2D eigenvalue weighted by Gasteiger charge is 2.05. The normalized spacial score (nSPS) is 11.3. The van der Waals surface area contributed by atoms with Crippen molar-refractivity contribution in [2.75, 3.05) is 26.9 Å². The second-order valence-electron chi connectivity index (χ2n) is 6.97. The standard InChI is InChI=1S/C23H31N5O2.HI/c1-4-30-14-6-13-24-23(25-15-19-9-11-21(29-3)12-10-19)26-16-20-17-28-18(2)7-5-8-22(28)27-20;/h5,7-12,17H,4,6,13-16H2,1-3H3,(H2,24,25,26);1H. The van der Waals surface area contributed by atoms with Crippen molar-refractivity contribution in [3.63, 3.8) is 0 Å². The number of aryl methyl sites for hydroxylation is 1. The molecule has 2 N–H and O–H groups in total. The summed E-state index contributed by atoms with van der Waals surface area (Å²) in [6, 6.07) is 14.1. The molecule has 7 nitrogen and oxygen atoms in total. The molecule has 0 bridgehead atoms. The minimum absolute atomic E-state index is 0. The van der Waals surface area contributed by atoms with Crippen molar-refractivity contribution in [3.8, 4) is 5.75 Å². The second kappa shape index (κ2) is 13.2. The van der Waals surface area contributed by atoms with E-state index < -0.39 is 0 Å². The van der Waals surface area contributed by atoms with E-state index >= 15 is 0 Å². The smallest absolute Gasteiger partial charge is 0.191 e. The number of imidazole rings is 1. The van der Waals surface area contributed by atoms with Crippen LogP contribution in [0.5, 0.6) is 5.75 Å². The van der Waals surface area contributed by atoms with Gasteiger partial charge in [0.25, 0.3) is 0 Å². The highest BCUT2D eigenvalue weighted by atomic mass is 127. The predicted octanol–water partition coefficient (Wildman–Crippen LogP) is 3.93. The number of pyridine rings is 1. The molecule has 0 spiro atoms. The fourth-order valence-electron chi connectivity index (χ4n) is 3.06. The number of aliphatic imine (C=N–C) groups is 1.